The maximum Gasteiger partial charge on any atom is 0.255 e. The Hall–Kier alpha value is -1.06. The van der Waals surface area contributed by atoms with Crippen molar-refractivity contribution in [3.63, 3.8) is 0 Å². The summed E-state index contributed by atoms with van der Waals surface area (Å²) in [4.78, 5) is 14.1. The van der Waals surface area contributed by atoms with Gasteiger partial charge in [0.15, 0.2) is 0 Å². The first-order chi connectivity index (χ1) is 7.94. The third kappa shape index (κ3) is 2.05. The zero-order chi connectivity index (χ0) is 12.6. The van der Waals surface area contributed by atoms with Gasteiger partial charge in [0.1, 0.15) is 0 Å². The lowest BCUT2D eigenvalue weighted by Crippen LogP contribution is -2.48. The largest absolute Gasteiger partial charge is 0.391 e. The van der Waals surface area contributed by atoms with Gasteiger partial charge in [0.25, 0.3) is 5.91 Å². The summed E-state index contributed by atoms with van der Waals surface area (Å²) in [6, 6.07) is 7.00. The molecule has 1 aliphatic rings. The number of aliphatic hydroxyl groups excluding tert-OH is 1. The Bertz CT molecular complexity index is 445. The molecule has 1 fully saturated rings. The zero-order valence-corrected chi connectivity index (χ0v) is 10.7. The van der Waals surface area contributed by atoms with Crippen LogP contribution in [0.3, 0.4) is 0 Å². The van der Waals surface area contributed by atoms with E-state index in [0.717, 1.165) is 0 Å². The van der Waals surface area contributed by atoms with Crippen LogP contribution in [0.1, 0.15) is 30.6 Å². The summed E-state index contributed by atoms with van der Waals surface area (Å²) in [5.74, 6) is -0.114. The molecule has 0 radical (unpaired) electrons. The number of halogens is 1. The fraction of sp³-hybridized carbons (Fsp3) is 0.462. The van der Waals surface area contributed by atoms with E-state index in [0.29, 0.717) is 23.6 Å². The summed E-state index contributed by atoms with van der Waals surface area (Å²) in [6.45, 7) is 4.32. The van der Waals surface area contributed by atoms with Crippen molar-refractivity contribution in [1.82, 2.24) is 4.90 Å². The zero-order valence-electron chi connectivity index (χ0n) is 9.98. The molecule has 0 saturated carbocycles. The molecule has 1 unspecified atom stereocenters. The molecular formula is C13H16ClNO2. The van der Waals surface area contributed by atoms with Gasteiger partial charge in [-0.3, -0.25) is 4.79 Å². The van der Waals surface area contributed by atoms with E-state index in [4.69, 9.17) is 11.6 Å². The van der Waals surface area contributed by atoms with Gasteiger partial charge >= 0.3 is 0 Å². The monoisotopic (exact) mass is 253 g/mol. The van der Waals surface area contributed by atoms with Crippen LogP contribution >= 0.6 is 11.6 Å². The van der Waals surface area contributed by atoms with E-state index in [1.807, 2.05) is 13.8 Å². The number of aliphatic hydroxyl groups is 1. The molecule has 0 spiro atoms. The van der Waals surface area contributed by atoms with Crippen LogP contribution in [0.15, 0.2) is 24.3 Å². The van der Waals surface area contributed by atoms with Gasteiger partial charge in [0.05, 0.1) is 22.2 Å². The van der Waals surface area contributed by atoms with Gasteiger partial charge < -0.3 is 10.0 Å². The first-order valence-corrected chi connectivity index (χ1v) is 6.07. The third-order valence-corrected chi connectivity index (χ3v) is 3.82. The molecule has 1 aromatic carbocycles. The summed E-state index contributed by atoms with van der Waals surface area (Å²) < 4.78 is 0. The van der Waals surface area contributed by atoms with E-state index in [9.17, 15) is 9.90 Å². The van der Waals surface area contributed by atoms with Crippen molar-refractivity contribution < 1.29 is 9.90 Å². The van der Waals surface area contributed by atoms with E-state index in [1.165, 1.54) is 0 Å². The third-order valence-electron chi connectivity index (χ3n) is 3.49. The molecule has 1 heterocycles. The minimum absolute atomic E-state index is 0.114. The fourth-order valence-corrected chi connectivity index (χ4v) is 2.43. The Kier molecular flexibility index (Phi) is 3.15. The van der Waals surface area contributed by atoms with Crippen LogP contribution in [0.5, 0.6) is 0 Å². The Balaban J connectivity index is 2.31. The summed E-state index contributed by atoms with van der Waals surface area (Å²) in [5, 5.41) is 10.3. The number of likely N-dealkylation sites (tertiary alicyclic amines) is 1. The van der Waals surface area contributed by atoms with E-state index in [2.05, 4.69) is 0 Å². The number of rotatable bonds is 1. The second-order valence-corrected chi connectivity index (χ2v) is 5.30. The molecular weight excluding hydrogens is 238 g/mol. The highest BCUT2D eigenvalue weighted by molar-refractivity contribution is 6.33. The minimum Gasteiger partial charge on any atom is -0.391 e. The Labute approximate surface area is 106 Å². The Morgan fingerprint density at radius 1 is 1.47 bits per heavy atom. The van der Waals surface area contributed by atoms with Gasteiger partial charge in [0.2, 0.25) is 0 Å². The normalized spacial score (nSPS) is 22.8. The molecule has 1 N–H and O–H groups in total. The first kappa shape index (κ1) is 12.4. The molecule has 0 bridgehead atoms. The van der Waals surface area contributed by atoms with E-state index < -0.39 is 11.6 Å². The highest BCUT2D eigenvalue weighted by Crippen LogP contribution is 2.31. The number of amides is 1. The van der Waals surface area contributed by atoms with Crippen LogP contribution in [-0.2, 0) is 0 Å². The van der Waals surface area contributed by atoms with Crippen LogP contribution in [0.4, 0.5) is 0 Å². The predicted octanol–water partition coefficient (Wildman–Crippen LogP) is 2.33. The van der Waals surface area contributed by atoms with Crippen LogP contribution in [-0.4, -0.2) is 34.1 Å². The minimum atomic E-state index is -0.531. The molecule has 2 rings (SSSR count). The van der Waals surface area contributed by atoms with Crippen molar-refractivity contribution >= 4 is 17.5 Å². The Morgan fingerprint density at radius 2 is 2.12 bits per heavy atom. The highest BCUT2D eigenvalue weighted by atomic mass is 35.5. The molecule has 4 heteroatoms. The molecule has 1 aliphatic heterocycles. The summed E-state index contributed by atoms with van der Waals surface area (Å²) in [5.41, 5.74) is -0.0349. The average molecular weight is 254 g/mol. The number of hydrogen-bond donors (Lipinski definition) is 1. The second kappa shape index (κ2) is 4.31. The summed E-state index contributed by atoms with van der Waals surface area (Å²) in [6.07, 6.45) is 0.136. The van der Waals surface area contributed by atoms with Gasteiger partial charge in [-0.25, -0.2) is 0 Å². The highest BCUT2D eigenvalue weighted by Gasteiger charge is 2.43. The van der Waals surface area contributed by atoms with Crippen LogP contribution in [0, 0.1) is 0 Å². The van der Waals surface area contributed by atoms with Gasteiger partial charge in [-0.1, -0.05) is 23.7 Å². The molecule has 1 saturated heterocycles. The molecule has 1 amide bonds. The van der Waals surface area contributed by atoms with Crippen molar-refractivity contribution in [3.8, 4) is 0 Å². The van der Waals surface area contributed by atoms with Crippen molar-refractivity contribution in [2.75, 3.05) is 6.54 Å². The lowest BCUT2D eigenvalue weighted by molar-refractivity contribution is 0.0394. The lowest BCUT2D eigenvalue weighted by Gasteiger charge is -2.34. The molecule has 0 aromatic heterocycles. The fourth-order valence-electron chi connectivity index (χ4n) is 2.22. The standard InChI is InChI=1S/C13H16ClNO2/c1-13(2)11(16)7-8-15(13)12(17)9-5-3-4-6-10(9)14/h3-6,11,16H,7-8H2,1-2H3. The van der Waals surface area contributed by atoms with Gasteiger partial charge in [-0.2, -0.15) is 0 Å². The van der Waals surface area contributed by atoms with Crippen molar-refractivity contribution in [3.05, 3.63) is 34.9 Å². The SMILES string of the molecule is CC1(C)C(O)CCN1C(=O)c1ccccc1Cl. The maximum atomic E-state index is 12.4. The Morgan fingerprint density at radius 3 is 2.65 bits per heavy atom. The van der Waals surface area contributed by atoms with Crippen LogP contribution in [0.25, 0.3) is 0 Å². The van der Waals surface area contributed by atoms with Gasteiger partial charge in [-0.15, -0.1) is 0 Å². The topological polar surface area (TPSA) is 40.5 Å². The second-order valence-electron chi connectivity index (χ2n) is 4.89. The van der Waals surface area contributed by atoms with E-state index in [1.54, 1.807) is 29.2 Å². The van der Waals surface area contributed by atoms with Gasteiger partial charge in [0, 0.05) is 6.54 Å². The summed E-state index contributed by atoms with van der Waals surface area (Å²) in [7, 11) is 0. The number of hydrogen-bond acceptors (Lipinski definition) is 2. The van der Waals surface area contributed by atoms with E-state index in [-0.39, 0.29) is 5.91 Å². The average Bonchev–Trinajstić information content (AvgIpc) is 2.54. The first-order valence-electron chi connectivity index (χ1n) is 5.69. The quantitative estimate of drug-likeness (QED) is 0.835. The molecule has 1 atom stereocenters. The number of nitrogens with zero attached hydrogens (tertiary/aromatic N) is 1. The smallest absolute Gasteiger partial charge is 0.255 e. The molecule has 17 heavy (non-hydrogen) atoms. The maximum absolute atomic E-state index is 12.4. The van der Waals surface area contributed by atoms with Gasteiger partial charge in [-0.05, 0) is 32.4 Å². The predicted molar refractivity (Wildman–Crippen MR) is 67.2 cm³/mol. The number of carbonyl (C=O) groups is 1. The van der Waals surface area contributed by atoms with Crippen molar-refractivity contribution in [2.45, 2.75) is 31.9 Å². The number of carbonyl (C=O) groups excluding carboxylic acids is 1. The molecule has 1 aromatic rings. The van der Waals surface area contributed by atoms with Crippen LogP contribution < -0.4 is 0 Å². The summed E-state index contributed by atoms with van der Waals surface area (Å²) >= 11 is 6.02. The lowest BCUT2D eigenvalue weighted by atomic mass is 9.98. The molecule has 92 valence electrons. The van der Waals surface area contributed by atoms with Crippen LogP contribution in [0.2, 0.25) is 5.02 Å². The van der Waals surface area contributed by atoms with Crippen molar-refractivity contribution in [2.24, 2.45) is 0 Å². The molecule has 0 aliphatic carbocycles. The number of benzene rings is 1. The molecule has 3 nitrogen and oxygen atoms in total. The van der Waals surface area contributed by atoms with E-state index >= 15 is 0 Å². The van der Waals surface area contributed by atoms with Crippen molar-refractivity contribution in [1.29, 1.82) is 0 Å².